The van der Waals surface area contributed by atoms with Crippen molar-refractivity contribution in [3.63, 3.8) is 0 Å². The molecule has 3 nitrogen and oxygen atoms in total. The highest BCUT2D eigenvalue weighted by atomic mass is 16.3. The molecule has 0 amide bonds. The monoisotopic (exact) mass is 308 g/mol. The van der Waals surface area contributed by atoms with Gasteiger partial charge in [-0.1, -0.05) is 13.8 Å². The Bertz CT molecular complexity index is 434. The molecule has 0 radical (unpaired) electrons. The minimum atomic E-state index is -0.188. The third kappa shape index (κ3) is 2.54. The lowest BCUT2D eigenvalue weighted by Gasteiger charge is -2.52. The van der Waals surface area contributed by atoms with Crippen LogP contribution in [0.2, 0.25) is 0 Å². The van der Waals surface area contributed by atoms with E-state index < -0.39 is 0 Å². The Morgan fingerprint density at radius 1 is 1.09 bits per heavy atom. The molecule has 126 valence electrons. The van der Waals surface area contributed by atoms with Crippen LogP contribution in [0.5, 0.6) is 0 Å². The van der Waals surface area contributed by atoms with Gasteiger partial charge in [-0.05, 0) is 74.5 Å². The zero-order valence-electron chi connectivity index (χ0n) is 14.2. The van der Waals surface area contributed by atoms with Gasteiger partial charge in [0.2, 0.25) is 0 Å². The first-order valence-corrected chi connectivity index (χ1v) is 9.22. The van der Waals surface area contributed by atoms with Gasteiger partial charge in [0.25, 0.3) is 0 Å². The van der Waals surface area contributed by atoms with Gasteiger partial charge in [0.05, 0.1) is 6.10 Å². The van der Waals surface area contributed by atoms with Gasteiger partial charge in [0.15, 0.2) is 0 Å². The van der Waals surface area contributed by atoms with Gasteiger partial charge < -0.3 is 10.2 Å². The largest absolute Gasteiger partial charge is 0.396 e. The summed E-state index contributed by atoms with van der Waals surface area (Å²) in [5, 5.41) is 19.5. The highest BCUT2D eigenvalue weighted by Crippen LogP contribution is 2.59. The van der Waals surface area contributed by atoms with Crippen LogP contribution in [0.1, 0.15) is 71.6 Å². The van der Waals surface area contributed by atoms with Crippen LogP contribution in [0, 0.1) is 28.6 Å². The normalized spacial score (nSPS) is 49.2. The molecule has 0 aliphatic heterocycles. The second-order valence-electron chi connectivity index (χ2n) is 8.69. The van der Waals surface area contributed by atoms with Gasteiger partial charge in [-0.3, -0.25) is 4.79 Å². The molecule has 3 aliphatic carbocycles. The average molecular weight is 308 g/mol. The summed E-state index contributed by atoms with van der Waals surface area (Å²) in [4.78, 5) is 12.2. The Balaban J connectivity index is 1.76. The molecule has 0 bridgehead atoms. The number of rotatable bonds is 3. The van der Waals surface area contributed by atoms with Gasteiger partial charge in [0, 0.05) is 18.4 Å². The number of aliphatic hydroxyl groups excluding tert-OH is 2. The molecule has 0 saturated heterocycles. The quantitative estimate of drug-likeness (QED) is 0.841. The van der Waals surface area contributed by atoms with Crippen molar-refractivity contribution in [2.75, 3.05) is 6.61 Å². The van der Waals surface area contributed by atoms with E-state index in [0.717, 1.165) is 51.4 Å². The molecule has 2 unspecified atom stereocenters. The zero-order valence-corrected chi connectivity index (χ0v) is 14.2. The summed E-state index contributed by atoms with van der Waals surface area (Å²) >= 11 is 0. The molecular formula is C19H32O3. The lowest BCUT2D eigenvalue weighted by molar-refractivity contribution is -0.130. The van der Waals surface area contributed by atoms with E-state index in [9.17, 15) is 15.0 Å². The average Bonchev–Trinajstić information content (AvgIpc) is 2.79. The fourth-order valence-corrected chi connectivity index (χ4v) is 5.93. The van der Waals surface area contributed by atoms with Crippen LogP contribution in [-0.2, 0) is 4.79 Å². The van der Waals surface area contributed by atoms with E-state index in [4.69, 9.17) is 0 Å². The molecule has 3 heteroatoms. The third-order valence-corrected chi connectivity index (χ3v) is 7.75. The predicted molar refractivity (Wildman–Crippen MR) is 86.3 cm³/mol. The molecule has 3 saturated carbocycles. The van der Waals surface area contributed by atoms with E-state index in [1.165, 1.54) is 6.42 Å². The zero-order chi connectivity index (χ0) is 16.0. The van der Waals surface area contributed by atoms with Crippen LogP contribution in [0.15, 0.2) is 0 Å². The first-order chi connectivity index (χ1) is 10.4. The lowest BCUT2D eigenvalue weighted by Crippen LogP contribution is -2.46. The van der Waals surface area contributed by atoms with E-state index in [0.29, 0.717) is 23.5 Å². The highest BCUT2D eigenvalue weighted by molar-refractivity contribution is 5.87. The van der Waals surface area contributed by atoms with E-state index in [-0.39, 0.29) is 23.5 Å². The van der Waals surface area contributed by atoms with Crippen molar-refractivity contribution in [2.45, 2.75) is 77.7 Å². The lowest BCUT2D eigenvalue weighted by atomic mass is 9.52. The first-order valence-electron chi connectivity index (χ1n) is 9.22. The molecule has 3 rings (SSSR count). The second kappa shape index (κ2) is 5.90. The third-order valence-electron chi connectivity index (χ3n) is 7.75. The van der Waals surface area contributed by atoms with Crippen molar-refractivity contribution in [3.8, 4) is 0 Å². The molecule has 2 N–H and O–H groups in total. The van der Waals surface area contributed by atoms with Crippen LogP contribution in [-0.4, -0.2) is 28.7 Å². The van der Waals surface area contributed by atoms with Crippen molar-refractivity contribution in [1.29, 1.82) is 0 Å². The molecular weight excluding hydrogens is 276 g/mol. The second-order valence-corrected chi connectivity index (χ2v) is 8.69. The van der Waals surface area contributed by atoms with Crippen LogP contribution < -0.4 is 0 Å². The molecule has 3 fully saturated rings. The summed E-state index contributed by atoms with van der Waals surface area (Å²) in [5.41, 5.74) is 0.183. The Labute approximate surface area is 134 Å². The summed E-state index contributed by atoms with van der Waals surface area (Å²) < 4.78 is 0. The number of ketones is 1. The predicted octanol–water partition coefficient (Wildman–Crippen LogP) is 3.32. The Hall–Kier alpha value is -0.410. The molecule has 0 spiro atoms. The molecule has 0 aromatic heterocycles. The van der Waals surface area contributed by atoms with E-state index >= 15 is 0 Å². The fourth-order valence-electron chi connectivity index (χ4n) is 5.93. The number of fused-ring (bicyclic) bond motifs is 1. The molecule has 0 aromatic carbocycles. The minimum Gasteiger partial charge on any atom is -0.396 e. The van der Waals surface area contributed by atoms with Crippen LogP contribution in [0.4, 0.5) is 0 Å². The standard InChI is InChI=1S/C19H32O3/c1-18(9-6-16(21)12-15(18)7-10-20)14-5-8-19(2)13(11-14)3-4-17(19)22/h13-16,20-21H,3-12H2,1-2H3/t13?,14?,15-,16-,18+,19-/m0/s1. The number of hydrogen-bond donors (Lipinski definition) is 2. The van der Waals surface area contributed by atoms with Crippen molar-refractivity contribution in [2.24, 2.45) is 28.6 Å². The van der Waals surface area contributed by atoms with Gasteiger partial charge >= 0.3 is 0 Å². The smallest absolute Gasteiger partial charge is 0.139 e. The summed E-state index contributed by atoms with van der Waals surface area (Å²) in [7, 11) is 0. The Kier molecular flexibility index (Phi) is 4.41. The van der Waals surface area contributed by atoms with E-state index in [1.54, 1.807) is 0 Å². The van der Waals surface area contributed by atoms with Crippen LogP contribution in [0.25, 0.3) is 0 Å². The highest BCUT2D eigenvalue weighted by Gasteiger charge is 2.53. The van der Waals surface area contributed by atoms with Crippen molar-refractivity contribution in [1.82, 2.24) is 0 Å². The number of hydrogen-bond acceptors (Lipinski definition) is 3. The maximum Gasteiger partial charge on any atom is 0.139 e. The van der Waals surface area contributed by atoms with Gasteiger partial charge in [-0.25, -0.2) is 0 Å². The van der Waals surface area contributed by atoms with Crippen molar-refractivity contribution in [3.05, 3.63) is 0 Å². The van der Waals surface area contributed by atoms with E-state index in [2.05, 4.69) is 13.8 Å². The molecule has 6 atom stereocenters. The number of carbonyl (C=O) groups is 1. The van der Waals surface area contributed by atoms with Gasteiger partial charge in [-0.2, -0.15) is 0 Å². The minimum absolute atomic E-state index is 0.0481. The molecule has 0 heterocycles. The first kappa shape index (κ1) is 16.4. The number of Topliss-reactive ketones (excluding diaryl/α,β-unsaturated/α-hetero) is 1. The maximum atomic E-state index is 12.2. The fraction of sp³-hybridized carbons (Fsp3) is 0.947. The number of carbonyl (C=O) groups excluding carboxylic acids is 1. The molecule has 22 heavy (non-hydrogen) atoms. The maximum absolute atomic E-state index is 12.2. The number of aliphatic hydroxyl groups is 2. The van der Waals surface area contributed by atoms with Gasteiger partial charge in [0.1, 0.15) is 5.78 Å². The molecule has 3 aliphatic rings. The summed E-state index contributed by atoms with van der Waals surface area (Å²) in [5.74, 6) is 2.14. The summed E-state index contributed by atoms with van der Waals surface area (Å²) in [6.07, 6.45) is 8.66. The Morgan fingerprint density at radius 2 is 1.86 bits per heavy atom. The molecule has 0 aromatic rings. The van der Waals surface area contributed by atoms with Crippen LogP contribution in [0.3, 0.4) is 0 Å². The van der Waals surface area contributed by atoms with Gasteiger partial charge in [-0.15, -0.1) is 0 Å². The topological polar surface area (TPSA) is 57.5 Å². The Morgan fingerprint density at radius 3 is 2.59 bits per heavy atom. The van der Waals surface area contributed by atoms with Crippen molar-refractivity contribution < 1.29 is 15.0 Å². The van der Waals surface area contributed by atoms with E-state index in [1.807, 2.05) is 0 Å². The SMILES string of the molecule is C[C@]12CCC([C@@]3(C)CC[C@H](O)C[C@@H]3CCO)CC1CCC2=O. The summed E-state index contributed by atoms with van der Waals surface area (Å²) in [6.45, 7) is 4.81. The summed E-state index contributed by atoms with van der Waals surface area (Å²) in [6, 6.07) is 0. The van der Waals surface area contributed by atoms with Crippen molar-refractivity contribution >= 4 is 5.78 Å². The van der Waals surface area contributed by atoms with Crippen LogP contribution >= 0.6 is 0 Å².